The molecule has 0 aromatic heterocycles. The molecule has 1 N–H and O–H groups in total. The summed E-state index contributed by atoms with van der Waals surface area (Å²) in [5.74, 6) is -0.418. The first-order chi connectivity index (χ1) is 22.8. The molecule has 47 heavy (non-hydrogen) atoms. The van der Waals surface area contributed by atoms with E-state index < -0.39 is 27.4 Å². The Labute approximate surface area is 274 Å². The molecule has 0 saturated carbocycles. The van der Waals surface area contributed by atoms with E-state index in [4.69, 9.17) is 9.57 Å². The number of methoxy groups -OCH3 is 1. The lowest BCUT2D eigenvalue weighted by Crippen LogP contribution is -2.44. The fraction of sp³-hybridized carbons (Fsp3) is 0.158. The fourth-order valence-corrected chi connectivity index (χ4v) is 7.77. The van der Waals surface area contributed by atoms with E-state index in [2.05, 4.69) is 9.71 Å². The number of anilines is 1. The van der Waals surface area contributed by atoms with Gasteiger partial charge in [0.2, 0.25) is 0 Å². The van der Waals surface area contributed by atoms with Crippen LogP contribution in [0.5, 0.6) is 5.75 Å². The molecule has 1 amide bonds. The molecular weight excluding hydrogens is 611 g/mol. The van der Waals surface area contributed by atoms with Gasteiger partial charge in [0.05, 0.1) is 23.3 Å². The van der Waals surface area contributed by atoms with Crippen LogP contribution in [0.15, 0.2) is 143 Å². The van der Waals surface area contributed by atoms with Crippen molar-refractivity contribution in [1.82, 2.24) is 5.06 Å². The number of sulfonamides is 1. The molecule has 1 spiro atoms. The minimum Gasteiger partial charge on any atom is -0.497 e. The van der Waals surface area contributed by atoms with E-state index in [0.29, 0.717) is 17.0 Å². The van der Waals surface area contributed by atoms with Crippen molar-refractivity contribution in [1.29, 1.82) is 0 Å². The summed E-state index contributed by atoms with van der Waals surface area (Å²) in [6.45, 7) is 2.02. The highest BCUT2D eigenvalue weighted by atomic mass is 32.2. The molecule has 2 aliphatic rings. The van der Waals surface area contributed by atoms with Gasteiger partial charge in [-0.25, -0.2) is 5.06 Å². The number of hydroxylamine groups is 2. The maximum atomic E-state index is 15.0. The molecule has 2 aliphatic heterocycles. The molecule has 0 radical (unpaired) electrons. The highest BCUT2D eigenvalue weighted by Crippen LogP contribution is 2.61. The maximum Gasteiger partial charge on any atom is 0.283 e. The zero-order valence-electron chi connectivity index (χ0n) is 25.9. The summed E-state index contributed by atoms with van der Waals surface area (Å²) >= 11 is 0. The van der Waals surface area contributed by atoms with Crippen LogP contribution >= 0.6 is 0 Å². The smallest absolute Gasteiger partial charge is 0.283 e. The van der Waals surface area contributed by atoms with Crippen molar-refractivity contribution in [2.45, 2.75) is 35.8 Å². The number of rotatable bonds is 8. The number of hydrogen-bond acceptors (Lipinski definition) is 5. The van der Waals surface area contributed by atoms with Crippen LogP contribution in [0.3, 0.4) is 0 Å². The number of hydrogen-bond donors (Lipinski definition) is 1. The van der Waals surface area contributed by atoms with Gasteiger partial charge in [-0.1, -0.05) is 109 Å². The van der Waals surface area contributed by atoms with E-state index >= 15 is 0 Å². The van der Waals surface area contributed by atoms with Crippen LogP contribution in [0.25, 0.3) is 0 Å². The van der Waals surface area contributed by atoms with Gasteiger partial charge in [0.25, 0.3) is 15.9 Å². The van der Waals surface area contributed by atoms with Crippen molar-refractivity contribution in [3.8, 4) is 5.75 Å². The molecule has 236 valence electrons. The molecule has 1 fully saturated rings. The Morgan fingerprint density at radius 3 is 2.11 bits per heavy atom. The third kappa shape index (κ3) is 5.27. The number of amides is 1. The van der Waals surface area contributed by atoms with Gasteiger partial charge in [-0.2, -0.15) is 8.42 Å². The zero-order valence-corrected chi connectivity index (χ0v) is 26.7. The summed E-state index contributed by atoms with van der Waals surface area (Å²) in [6, 6.07) is 39.8. The van der Waals surface area contributed by atoms with Gasteiger partial charge in [-0.05, 0) is 59.5 Å². The summed E-state index contributed by atoms with van der Waals surface area (Å²) in [5, 5.41) is 4.77. The lowest BCUT2D eigenvalue weighted by Gasteiger charge is -2.37. The van der Waals surface area contributed by atoms with E-state index in [1.807, 2.05) is 116 Å². The van der Waals surface area contributed by atoms with Gasteiger partial charge in [-0.15, -0.1) is 4.40 Å². The van der Waals surface area contributed by atoms with Gasteiger partial charge in [0, 0.05) is 5.69 Å². The first kappa shape index (κ1) is 30.4. The Morgan fingerprint density at radius 2 is 1.43 bits per heavy atom. The van der Waals surface area contributed by atoms with Crippen molar-refractivity contribution in [2.24, 2.45) is 4.40 Å². The molecule has 3 atom stereocenters. The van der Waals surface area contributed by atoms with Crippen molar-refractivity contribution in [3.63, 3.8) is 0 Å². The molecule has 9 heteroatoms. The van der Waals surface area contributed by atoms with E-state index in [1.165, 1.54) is 5.06 Å². The second kappa shape index (κ2) is 12.2. The Kier molecular flexibility index (Phi) is 7.87. The molecule has 0 aliphatic carbocycles. The quantitative estimate of drug-likeness (QED) is 0.197. The normalized spacial score (nSPS) is 21.2. The standard InChI is InChI=1S/C38H33N3O5S/c1-26-17-23-31(24-18-26)47(43,44)40-37-38(32-15-9-10-16-33(32)39-37)34(28-13-7-4-8-14-28)36(42)41(46-25-27-11-5-3-6-12-27)35(38)29-19-21-30(45-2)22-20-29/h3-24,34-35H,25H2,1-2H3,(H,39,40). The number of nitrogens with zero attached hydrogens (tertiary/aromatic N) is 2. The number of fused-ring (bicyclic) bond motifs is 2. The highest BCUT2D eigenvalue weighted by Gasteiger charge is 2.67. The summed E-state index contributed by atoms with van der Waals surface area (Å²) < 4.78 is 38.1. The number of amidine groups is 1. The highest BCUT2D eigenvalue weighted by molar-refractivity contribution is 7.90. The van der Waals surface area contributed by atoms with Gasteiger partial charge in [-0.3, -0.25) is 9.63 Å². The number of carbonyl (C=O) groups is 1. The average molecular weight is 644 g/mol. The van der Waals surface area contributed by atoms with Gasteiger partial charge in [0.1, 0.15) is 24.2 Å². The predicted octanol–water partition coefficient (Wildman–Crippen LogP) is 6.95. The molecule has 7 rings (SSSR count). The number of carbonyl (C=O) groups excluding carboxylic acids is 1. The Balaban J connectivity index is 1.51. The molecule has 1 saturated heterocycles. The first-order valence-corrected chi connectivity index (χ1v) is 16.7. The van der Waals surface area contributed by atoms with Gasteiger partial charge in [0.15, 0.2) is 0 Å². The van der Waals surface area contributed by atoms with Crippen LogP contribution in [0.2, 0.25) is 0 Å². The number of para-hydroxylation sites is 1. The molecule has 3 unspecified atom stereocenters. The summed E-state index contributed by atoms with van der Waals surface area (Å²) in [5.41, 5.74) is 3.32. The minimum atomic E-state index is -4.22. The number of benzene rings is 5. The van der Waals surface area contributed by atoms with Gasteiger partial charge >= 0.3 is 0 Å². The second-order valence-electron chi connectivity index (χ2n) is 11.7. The molecule has 8 nitrogen and oxygen atoms in total. The van der Waals surface area contributed by atoms with Crippen LogP contribution in [-0.4, -0.2) is 32.3 Å². The fourth-order valence-electron chi connectivity index (χ4n) is 6.75. The minimum absolute atomic E-state index is 0.0577. The lowest BCUT2D eigenvalue weighted by molar-refractivity contribution is -0.198. The average Bonchev–Trinajstić information content (AvgIpc) is 3.54. The van der Waals surface area contributed by atoms with E-state index in [1.54, 1.807) is 31.4 Å². The van der Waals surface area contributed by atoms with E-state index in [0.717, 1.165) is 22.3 Å². The summed E-state index contributed by atoms with van der Waals surface area (Å²) in [4.78, 5) is 21.5. The molecule has 0 bridgehead atoms. The molecule has 2 heterocycles. The number of ether oxygens (including phenoxy) is 1. The van der Waals surface area contributed by atoms with Crippen LogP contribution in [0.1, 0.15) is 39.8 Å². The molecular formula is C38H33N3O5S. The predicted molar refractivity (Wildman–Crippen MR) is 181 cm³/mol. The largest absolute Gasteiger partial charge is 0.497 e. The maximum absolute atomic E-state index is 15.0. The van der Waals surface area contributed by atoms with Crippen LogP contribution in [-0.2, 0) is 31.7 Å². The van der Waals surface area contributed by atoms with Crippen LogP contribution < -0.4 is 10.1 Å². The van der Waals surface area contributed by atoms with Crippen LogP contribution in [0, 0.1) is 6.92 Å². The molecule has 5 aromatic rings. The van der Waals surface area contributed by atoms with Crippen molar-refractivity contribution >= 4 is 27.5 Å². The lowest BCUT2D eigenvalue weighted by atomic mass is 9.64. The van der Waals surface area contributed by atoms with E-state index in [-0.39, 0.29) is 23.2 Å². The van der Waals surface area contributed by atoms with Crippen molar-refractivity contribution in [2.75, 3.05) is 12.4 Å². The third-order valence-corrected chi connectivity index (χ3v) is 10.2. The SMILES string of the molecule is COc1ccc(C2N(OCc3ccccc3)C(=O)C(c3ccccc3)C23/C(=N/S(=O)(=O)c2ccc(C)cc2)Nc2ccccc23)cc1. The second-order valence-corrected chi connectivity index (χ2v) is 13.3. The van der Waals surface area contributed by atoms with Gasteiger partial charge < -0.3 is 10.1 Å². The number of aryl methyl sites for hydroxylation is 1. The van der Waals surface area contributed by atoms with Crippen molar-refractivity contribution < 1.29 is 22.8 Å². The topological polar surface area (TPSA) is 97.3 Å². The zero-order chi connectivity index (χ0) is 32.6. The first-order valence-electron chi connectivity index (χ1n) is 15.3. The monoisotopic (exact) mass is 643 g/mol. The third-order valence-electron chi connectivity index (χ3n) is 8.91. The summed E-state index contributed by atoms with van der Waals surface area (Å²) in [7, 11) is -2.63. The van der Waals surface area contributed by atoms with E-state index in [9.17, 15) is 13.2 Å². The Hall–Kier alpha value is -5.25. The van der Waals surface area contributed by atoms with Crippen molar-refractivity contribution in [3.05, 3.63) is 161 Å². The van der Waals surface area contributed by atoms with Crippen LogP contribution in [0.4, 0.5) is 5.69 Å². The Bertz CT molecular complexity index is 2050. The molecule has 5 aromatic carbocycles. The summed E-state index contributed by atoms with van der Waals surface area (Å²) in [6.07, 6.45) is 0. The number of nitrogens with one attached hydrogen (secondary N) is 1. The Morgan fingerprint density at radius 1 is 0.787 bits per heavy atom.